The van der Waals surface area contributed by atoms with Crippen molar-refractivity contribution in [3.8, 4) is 0 Å². The SMILES string of the molecule is O=C(O)OO.O=C(O)OO.O=C(O)OO.O=C(O)OO.O=C(O)OO.O=C(O)OO.O=C([O-])OO.O=C([O-])OO.O=C([O-])OO.O=C([O-])OO.O=C([O-])OO.O=C([O-])OO.O=C([O-])OO.O=C([O-])OO.O=C([O-])OO.O=C([O-])OO.[Na+].[Na+].[Na+].[Na+].[Na+].[Na+].[Na+].[Na+].[Na+].[Na+]. The van der Waals surface area contributed by atoms with E-state index in [1.807, 2.05) is 0 Å². The van der Waals surface area contributed by atoms with Crippen LogP contribution in [0.25, 0.3) is 0 Å². The first-order valence-corrected chi connectivity index (χ1v) is 12.8. The second kappa shape index (κ2) is 167. The van der Waals surface area contributed by atoms with E-state index in [9.17, 15) is 0 Å². The smallest absolute Gasteiger partial charge is 0.448 e. The monoisotopic (exact) mass is 1470 g/mol. The molecule has 0 rings (SSSR count). The molecule has 0 amide bonds. The Kier molecular flexibility index (Phi) is 322. The fourth-order valence-corrected chi connectivity index (χ4v) is 0. The summed E-state index contributed by atoms with van der Waals surface area (Å²) in [4.78, 5) is 183. The molecule has 0 aliphatic heterocycles. The molecule has 0 aromatic rings. The summed E-state index contributed by atoms with van der Waals surface area (Å²) < 4.78 is 0. The van der Waals surface area contributed by atoms with E-state index in [1.54, 1.807) is 0 Å². The maximum Gasteiger partial charge on any atom is 1.00 e. The molecule has 0 unspecified atom stereocenters. The first-order valence-electron chi connectivity index (χ1n) is 12.8. The molecule has 0 heterocycles. The predicted molar refractivity (Wildman–Crippen MR) is 162 cm³/mol. The largest absolute Gasteiger partial charge is 1.00 e. The van der Waals surface area contributed by atoms with Crippen LogP contribution in [0.2, 0.25) is 0 Å². The normalized spacial score (nSPS) is 5.87. The molecule has 0 aliphatic carbocycles. The third kappa shape index (κ3) is 697. The van der Waals surface area contributed by atoms with E-state index in [1.165, 1.54) is 0 Å². The van der Waals surface area contributed by atoms with Crippen LogP contribution in [0.15, 0.2) is 0 Å². The van der Waals surface area contributed by atoms with Crippen LogP contribution in [0.5, 0.6) is 0 Å². The summed E-state index contributed by atoms with van der Waals surface area (Å²) in [6.07, 6.45) is -29.5. The molecular weight excluding hydrogens is 1450 g/mol. The van der Waals surface area contributed by atoms with Crippen molar-refractivity contribution in [2.24, 2.45) is 0 Å². The van der Waals surface area contributed by atoms with Crippen molar-refractivity contribution in [1.82, 2.24) is 0 Å². The molecule has 0 aromatic heterocycles. The number of carbonyl (C=O) groups excluding carboxylic acids is 10. The molecule has 0 aromatic carbocycles. The third-order valence-corrected chi connectivity index (χ3v) is 1.21. The maximum atomic E-state index is 8.90. The van der Waals surface area contributed by atoms with Crippen molar-refractivity contribution in [3.05, 3.63) is 0 Å². The van der Waals surface area contributed by atoms with Crippen LogP contribution in [0.3, 0.4) is 0 Å². The molecule has 90 heavy (non-hydrogen) atoms. The van der Waals surface area contributed by atoms with Gasteiger partial charge in [0.25, 0.3) is 61.6 Å². The molecule has 0 saturated carbocycles. The molecule has 0 bridgehead atoms. The van der Waals surface area contributed by atoms with Gasteiger partial charge in [-0.1, -0.05) is 0 Å². The Morgan fingerprint density at radius 2 is 0.167 bits per heavy atom. The van der Waals surface area contributed by atoms with Gasteiger partial charge in [-0.25, -0.2) is 28.8 Å². The van der Waals surface area contributed by atoms with Crippen LogP contribution in [0.1, 0.15) is 0 Å². The molecule has 22 N–H and O–H groups in total. The molecule has 0 saturated heterocycles. The molecule has 0 radical (unpaired) electrons. The summed E-state index contributed by atoms with van der Waals surface area (Å²) in [6, 6.07) is 0. The summed E-state index contributed by atoms with van der Waals surface area (Å²) in [6.45, 7) is 0. The number of rotatable bonds is 0. The van der Waals surface area contributed by atoms with Crippen molar-refractivity contribution < 1.29 is 616 Å². The molecule has 0 fully saturated rings. The van der Waals surface area contributed by atoms with Crippen LogP contribution >= 0.6 is 0 Å². The van der Waals surface area contributed by atoms with Gasteiger partial charge >= 0.3 is 333 Å². The Balaban J connectivity index is -0.0000000201. The van der Waals surface area contributed by atoms with E-state index in [4.69, 9.17) is 243 Å². The number of carboxylic acid groups (broad SMARTS) is 16. The van der Waals surface area contributed by atoms with Gasteiger partial charge in [0, 0.05) is 0 Å². The average Bonchev–Trinajstić information content (AvgIpc) is 3.40. The van der Waals surface area contributed by atoms with Gasteiger partial charge in [0.15, 0.2) is 0 Å². The zero-order valence-electron chi connectivity index (χ0n) is 45.0. The Bertz CT molecular complexity index is 1120. The van der Waals surface area contributed by atoms with Gasteiger partial charge in [-0.05, 0) is 0 Å². The molecular formula is C16H22Na10O64. The summed E-state index contributed by atoms with van der Waals surface area (Å²) >= 11 is 0. The summed E-state index contributed by atoms with van der Waals surface area (Å²) in [5, 5.41) is 243. The van der Waals surface area contributed by atoms with Gasteiger partial charge in [0.2, 0.25) is 0 Å². The van der Waals surface area contributed by atoms with Crippen LogP contribution in [-0.4, -0.2) is 213 Å². The first-order chi connectivity index (χ1) is 36.3. The Morgan fingerprint density at radius 3 is 0.167 bits per heavy atom. The zero-order chi connectivity index (χ0) is 68.6. The quantitative estimate of drug-likeness (QED) is 0.0463. The summed E-state index contributed by atoms with van der Waals surface area (Å²) in [7, 11) is 0. The van der Waals surface area contributed by atoms with Gasteiger partial charge < -0.3 is 179 Å². The molecule has 0 atom stereocenters. The van der Waals surface area contributed by atoms with Gasteiger partial charge in [-0.2, -0.15) is 31.5 Å². The van der Waals surface area contributed by atoms with Crippen molar-refractivity contribution in [1.29, 1.82) is 0 Å². The zero-order valence-corrected chi connectivity index (χ0v) is 65.0. The van der Waals surface area contributed by atoms with Crippen molar-refractivity contribution in [2.45, 2.75) is 0 Å². The fourth-order valence-electron chi connectivity index (χ4n) is 0. The second-order valence-electron chi connectivity index (χ2n) is 5.56. The summed E-state index contributed by atoms with van der Waals surface area (Å²) in [5.74, 6) is 0. The van der Waals surface area contributed by atoms with E-state index in [2.05, 4.69) is 78.2 Å². The van der Waals surface area contributed by atoms with E-state index in [-0.39, 0.29) is 296 Å². The minimum atomic E-state index is -1.94. The Hall–Kier alpha value is -2.32. The minimum Gasteiger partial charge on any atom is -0.448 e. The number of carbonyl (C=O) groups is 16. The van der Waals surface area contributed by atoms with Crippen molar-refractivity contribution in [2.75, 3.05) is 0 Å². The van der Waals surface area contributed by atoms with Crippen molar-refractivity contribution in [3.63, 3.8) is 0 Å². The van der Waals surface area contributed by atoms with Gasteiger partial charge in [0.05, 0.1) is 0 Å². The van der Waals surface area contributed by atoms with Crippen LogP contribution in [0, 0.1) is 0 Å². The minimum absolute atomic E-state index is 0. The maximum absolute atomic E-state index is 8.90. The topological polar surface area (TPSA) is 1100 Å². The first kappa shape index (κ1) is 173. The average molecular weight is 1470 g/mol. The van der Waals surface area contributed by atoms with Crippen LogP contribution < -0.4 is 347 Å². The standard InChI is InChI=1S/16CH2O4.10Na/c16*2-1(3)5-4;;;;;;;;;;/h16*4H,(H,2,3);;;;;;;;;;/q;;;;;;;;;;;;;;;;10*+1/p-10. The van der Waals surface area contributed by atoms with E-state index >= 15 is 0 Å². The molecule has 0 spiro atoms. The second-order valence-corrected chi connectivity index (χ2v) is 5.56. The summed E-state index contributed by atoms with van der Waals surface area (Å²) in [5.41, 5.74) is 0. The van der Waals surface area contributed by atoms with E-state index in [0.717, 1.165) is 0 Å². The Labute approximate surface area is 704 Å². The predicted octanol–water partition coefficient (Wildman–Crippen LogP) is -40.8. The van der Waals surface area contributed by atoms with Gasteiger partial charge in [0.1, 0.15) is 0 Å². The van der Waals surface area contributed by atoms with E-state index < -0.39 is 98.5 Å². The molecule has 480 valence electrons. The molecule has 0 aliphatic rings. The van der Waals surface area contributed by atoms with Crippen LogP contribution in [-0.2, 0) is 78.2 Å². The molecule has 64 nitrogen and oxygen atoms in total. The van der Waals surface area contributed by atoms with Gasteiger partial charge in [-0.15, -0.1) is 0 Å². The van der Waals surface area contributed by atoms with Crippen molar-refractivity contribution >= 4 is 98.5 Å². The fraction of sp³-hybridized carbons (Fsp3) is 0. The van der Waals surface area contributed by atoms with Gasteiger partial charge in [-0.3, -0.25) is 81.9 Å². The Morgan fingerprint density at radius 1 is 0.144 bits per heavy atom. The third-order valence-electron chi connectivity index (χ3n) is 1.21. The number of hydrogen-bond donors (Lipinski definition) is 22. The number of hydrogen-bond acceptors (Lipinski definition) is 58. The van der Waals surface area contributed by atoms with Crippen LogP contribution in [0.4, 0.5) is 76.7 Å². The molecule has 74 heteroatoms. The van der Waals surface area contributed by atoms with E-state index in [0.29, 0.717) is 0 Å².